The molecule has 9 heteroatoms. The largest absolute Gasteiger partial charge is 0.497 e. The first-order chi connectivity index (χ1) is 13.0. The molecule has 0 spiro atoms. The van der Waals surface area contributed by atoms with Crippen molar-refractivity contribution in [2.24, 2.45) is 10.8 Å². The van der Waals surface area contributed by atoms with E-state index in [1.165, 1.54) is 13.3 Å². The molecule has 0 aromatic heterocycles. The van der Waals surface area contributed by atoms with Crippen molar-refractivity contribution in [2.45, 2.75) is 0 Å². The lowest BCUT2D eigenvalue weighted by Crippen LogP contribution is -2.32. The molecule has 0 aliphatic heterocycles. The average molecular weight is 370 g/mol. The molecule has 0 unspecified atom stereocenters. The first kappa shape index (κ1) is 19.4. The fraction of sp³-hybridized carbons (Fsp3) is 0.111. The second-order valence-electron chi connectivity index (χ2n) is 5.21. The molecule has 2 aromatic rings. The summed E-state index contributed by atoms with van der Waals surface area (Å²) in [5.41, 5.74) is 8.22. The molecule has 0 radical (unpaired) electrons. The molecule has 2 aromatic carbocycles. The molecule has 0 bridgehead atoms. The molecule has 140 valence electrons. The minimum absolute atomic E-state index is 0.215. The number of hydrogen-bond acceptors (Lipinski definition) is 6. The van der Waals surface area contributed by atoms with Crippen LogP contribution in [0.5, 0.6) is 11.5 Å². The monoisotopic (exact) mass is 370 g/mol. The van der Waals surface area contributed by atoms with Gasteiger partial charge in [0.25, 0.3) is 5.91 Å². The molecule has 0 heterocycles. The number of benzene rings is 2. The van der Waals surface area contributed by atoms with Gasteiger partial charge in [0.05, 0.1) is 13.3 Å². The van der Waals surface area contributed by atoms with Gasteiger partial charge >= 0.3 is 11.8 Å². The zero-order chi connectivity index (χ0) is 19.6. The Bertz CT molecular complexity index is 832. The van der Waals surface area contributed by atoms with Gasteiger partial charge in [0.1, 0.15) is 11.5 Å². The summed E-state index contributed by atoms with van der Waals surface area (Å²) in [4.78, 5) is 34.2. The van der Waals surface area contributed by atoms with Gasteiger partial charge < -0.3 is 20.5 Å². The average Bonchev–Trinajstić information content (AvgIpc) is 2.67. The number of anilines is 1. The molecular formula is C18H18N4O5. The third kappa shape index (κ3) is 6.50. The minimum atomic E-state index is -0.913. The lowest BCUT2D eigenvalue weighted by molar-refractivity contribution is -0.136. The lowest BCUT2D eigenvalue weighted by Gasteiger charge is -2.05. The zero-order valence-corrected chi connectivity index (χ0v) is 14.5. The molecule has 0 saturated heterocycles. The molecule has 0 saturated carbocycles. The smallest absolute Gasteiger partial charge is 0.329 e. The van der Waals surface area contributed by atoms with E-state index < -0.39 is 17.7 Å². The van der Waals surface area contributed by atoms with E-state index in [-0.39, 0.29) is 6.61 Å². The Morgan fingerprint density at radius 3 is 2.22 bits per heavy atom. The van der Waals surface area contributed by atoms with Crippen molar-refractivity contribution in [2.75, 3.05) is 19.0 Å². The Labute approximate surface area is 155 Å². The van der Waals surface area contributed by atoms with Gasteiger partial charge in [0.2, 0.25) is 0 Å². The van der Waals surface area contributed by atoms with Crippen LogP contribution in [0.1, 0.15) is 5.56 Å². The van der Waals surface area contributed by atoms with Crippen LogP contribution in [0.15, 0.2) is 53.6 Å². The van der Waals surface area contributed by atoms with Crippen molar-refractivity contribution in [1.29, 1.82) is 0 Å². The van der Waals surface area contributed by atoms with Crippen LogP contribution in [0.2, 0.25) is 0 Å². The third-order valence-electron chi connectivity index (χ3n) is 3.20. The zero-order valence-electron chi connectivity index (χ0n) is 14.5. The molecule has 0 aliphatic rings. The van der Waals surface area contributed by atoms with Crippen LogP contribution < -0.4 is 25.9 Å². The first-order valence-electron chi connectivity index (χ1n) is 7.77. The molecule has 27 heavy (non-hydrogen) atoms. The number of carbonyl (C=O) groups is 3. The number of nitrogens with one attached hydrogen (secondary N) is 2. The molecule has 0 fully saturated rings. The van der Waals surface area contributed by atoms with Crippen molar-refractivity contribution in [3.05, 3.63) is 54.1 Å². The maximum Gasteiger partial charge on any atom is 0.329 e. The minimum Gasteiger partial charge on any atom is -0.497 e. The van der Waals surface area contributed by atoms with Crippen molar-refractivity contribution in [1.82, 2.24) is 5.43 Å². The summed E-state index contributed by atoms with van der Waals surface area (Å²) in [7, 11) is 1.53. The summed E-state index contributed by atoms with van der Waals surface area (Å²) < 4.78 is 10.1. The maximum absolute atomic E-state index is 11.8. The van der Waals surface area contributed by atoms with Crippen molar-refractivity contribution in [3.8, 4) is 11.5 Å². The Morgan fingerprint density at radius 1 is 1.00 bits per heavy atom. The van der Waals surface area contributed by atoms with Crippen LogP contribution in [-0.2, 0) is 14.4 Å². The van der Waals surface area contributed by atoms with E-state index in [2.05, 4.69) is 15.8 Å². The van der Waals surface area contributed by atoms with Crippen molar-refractivity contribution < 1.29 is 23.9 Å². The van der Waals surface area contributed by atoms with Gasteiger partial charge in [-0.15, -0.1) is 0 Å². The summed E-state index contributed by atoms with van der Waals surface area (Å²) in [6, 6.07) is 13.1. The van der Waals surface area contributed by atoms with Gasteiger partial charge in [-0.05, 0) is 54.1 Å². The second-order valence-corrected chi connectivity index (χ2v) is 5.21. The first-order valence-corrected chi connectivity index (χ1v) is 7.77. The molecule has 0 atom stereocenters. The quantitative estimate of drug-likeness (QED) is 0.374. The highest BCUT2D eigenvalue weighted by molar-refractivity contribution is 6.39. The summed E-state index contributed by atoms with van der Waals surface area (Å²) in [6.45, 7) is -0.215. The van der Waals surface area contributed by atoms with E-state index in [0.717, 1.165) is 0 Å². The van der Waals surface area contributed by atoms with Crippen LogP contribution in [-0.4, -0.2) is 37.7 Å². The SMILES string of the molecule is COc1ccc(NC(=O)C(=O)N/N=C/c2ccc(OCC(N)=O)cc2)cc1. The normalized spacial score (nSPS) is 10.3. The molecule has 2 rings (SSSR count). The number of amides is 3. The van der Waals surface area contributed by atoms with E-state index >= 15 is 0 Å². The summed E-state index contributed by atoms with van der Waals surface area (Å²) in [6.07, 6.45) is 1.36. The number of nitrogens with zero attached hydrogens (tertiary/aromatic N) is 1. The molecular weight excluding hydrogens is 352 g/mol. The van der Waals surface area contributed by atoms with Gasteiger partial charge in [0.15, 0.2) is 6.61 Å². The van der Waals surface area contributed by atoms with Gasteiger partial charge in [0, 0.05) is 5.69 Å². The Balaban J connectivity index is 1.82. The number of hydrazone groups is 1. The predicted octanol–water partition coefficient (Wildman–Crippen LogP) is 0.648. The molecule has 9 nitrogen and oxygen atoms in total. The number of nitrogens with two attached hydrogens (primary N) is 1. The van der Waals surface area contributed by atoms with Crippen LogP contribution in [0.25, 0.3) is 0 Å². The topological polar surface area (TPSA) is 132 Å². The van der Waals surface area contributed by atoms with E-state index in [1.54, 1.807) is 48.5 Å². The van der Waals surface area contributed by atoms with E-state index in [0.29, 0.717) is 22.7 Å². The molecule has 3 amide bonds. The van der Waals surface area contributed by atoms with Crippen LogP contribution >= 0.6 is 0 Å². The van der Waals surface area contributed by atoms with Crippen LogP contribution in [0, 0.1) is 0 Å². The van der Waals surface area contributed by atoms with Gasteiger partial charge in [-0.2, -0.15) is 5.10 Å². The van der Waals surface area contributed by atoms with Crippen molar-refractivity contribution in [3.63, 3.8) is 0 Å². The predicted molar refractivity (Wildman–Crippen MR) is 98.5 cm³/mol. The van der Waals surface area contributed by atoms with Gasteiger partial charge in [-0.3, -0.25) is 14.4 Å². The summed E-state index contributed by atoms with van der Waals surface area (Å²) >= 11 is 0. The van der Waals surface area contributed by atoms with Gasteiger partial charge in [-0.1, -0.05) is 0 Å². The number of carbonyl (C=O) groups excluding carboxylic acids is 3. The Morgan fingerprint density at radius 2 is 1.63 bits per heavy atom. The lowest BCUT2D eigenvalue weighted by atomic mass is 10.2. The van der Waals surface area contributed by atoms with Crippen molar-refractivity contribution >= 4 is 29.6 Å². The number of hydrogen-bond donors (Lipinski definition) is 3. The van der Waals surface area contributed by atoms with E-state index in [4.69, 9.17) is 15.2 Å². The van der Waals surface area contributed by atoms with E-state index in [1.807, 2.05) is 0 Å². The highest BCUT2D eigenvalue weighted by atomic mass is 16.5. The number of rotatable bonds is 7. The number of ether oxygens (including phenoxy) is 2. The number of methoxy groups -OCH3 is 1. The van der Waals surface area contributed by atoms with Crippen LogP contribution in [0.4, 0.5) is 5.69 Å². The van der Waals surface area contributed by atoms with Crippen LogP contribution in [0.3, 0.4) is 0 Å². The van der Waals surface area contributed by atoms with Gasteiger partial charge in [-0.25, -0.2) is 5.43 Å². The summed E-state index contributed by atoms with van der Waals surface area (Å²) in [5.74, 6) is -1.24. The third-order valence-corrected chi connectivity index (χ3v) is 3.20. The second kappa shape index (κ2) is 9.56. The maximum atomic E-state index is 11.8. The molecule has 0 aliphatic carbocycles. The summed E-state index contributed by atoms with van der Waals surface area (Å²) in [5, 5.41) is 6.15. The van der Waals surface area contributed by atoms with E-state index in [9.17, 15) is 14.4 Å². The Hall–Kier alpha value is -3.88. The molecule has 4 N–H and O–H groups in total. The highest BCUT2D eigenvalue weighted by Gasteiger charge is 2.12. The Kier molecular flexibility index (Phi) is 6.89. The highest BCUT2D eigenvalue weighted by Crippen LogP contribution is 2.14. The fourth-order valence-electron chi connectivity index (χ4n) is 1.88. The standard InChI is InChI=1S/C18H18N4O5/c1-26-14-8-4-13(5-9-14)21-17(24)18(25)22-20-10-12-2-6-15(7-3-12)27-11-16(19)23/h2-10H,11H2,1H3,(H2,19,23)(H,21,24)(H,22,25)/b20-10+. The fourth-order valence-corrected chi connectivity index (χ4v) is 1.88. The number of primary amides is 1.